The zero-order valence-electron chi connectivity index (χ0n) is 12.3. The van der Waals surface area contributed by atoms with Crippen LogP contribution in [0, 0.1) is 0 Å². The Labute approximate surface area is 151 Å². The molecule has 3 aromatic rings. The highest BCUT2D eigenvalue weighted by molar-refractivity contribution is 8.03. The highest BCUT2D eigenvalue weighted by atomic mass is 35.5. The lowest BCUT2D eigenvalue weighted by molar-refractivity contribution is -0.135. The quantitative estimate of drug-likeness (QED) is 0.703. The van der Waals surface area contributed by atoms with E-state index in [1.165, 1.54) is 11.8 Å². The van der Waals surface area contributed by atoms with Crippen LogP contribution in [0.1, 0.15) is 5.01 Å². The second-order valence-corrected chi connectivity index (χ2v) is 7.76. The summed E-state index contributed by atoms with van der Waals surface area (Å²) in [6, 6.07) is 13.5. The standard InChI is InChI=1S/C17H11ClN2O2S2/c18-10-5-6-14-12(7-10)20(9-17(21)22)16(24-14)8-15-19-11-3-1-2-4-13(11)23-15/h1-8H,9H2,(H,21,22)/b16-8-. The number of carbonyl (C=O) groups is 1. The number of carboxylic acid groups (broad SMARTS) is 1. The first kappa shape index (κ1) is 15.5. The van der Waals surface area contributed by atoms with Crippen LogP contribution >= 0.6 is 34.7 Å². The van der Waals surface area contributed by atoms with Gasteiger partial charge in [0.25, 0.3) is 0 Å². The Morgan fingerprint density at radius 1 is 1.29 bits per heavy atom. The zero-order valence-corrected chi connectivity index (χ0v) is 14.7. The summed E-state index contributed by atoms with van der Waals surface area (Å²) in [5.41, 5.74) is 1.77. The molecule has 1 aliphatic rings. The van der Waals surface area contributed by atoms with Gasteiger partial charge in [-0.3, -0.25) is 4.79 Å². The van der Waals surface area contributed by atoms with Crippen molar-refractivity contribution in [2.24, 2.45) is 0 Å². The van der Waals surface area contributed by atoms with E-state index in [0.29, 0.717) is 5.02 Å². The number of carboxylic acids is 1. The molecule has 1 N–H and O–H groups in total. The summed E-state index contributed by atoms with van der Waals surface area (Å²) in [6.45, 7) is -0.114. The second-order valence-electron chi connectivity index (χ2n) is 5.20. The Kier molecular flexibility index (Phi) is 3.96. The van der Waals surface area contributed by atoms with E-state index in [-0.39, 0.29) is 6.54 Å². The van der Waals surface area contributed by atoms with Crippen molar-refractivity contribution < 1.29 is 9.90 Å². The second kappa shape index (κ2) is 6.12. The van der Waals surface area contributed by atoms with Gasteiger partial charge in [-0.2, -0.15) is 0 Å². The Balaban J connectivity index is 1.77. The number of halogens is 1. The number of rotatable bonds is 3. The van der Waals surface area contributed by atoms with Crippen molar-refractivity contribution >= 4 is 62.6 Å². The molecule has 0 fully saturated rings. The topological polar surface area (TPSA) is 53.4 Å². The number of fused-ring (bicyclic) bond motifs is 2. The highest BCUT2D eigenvalue weighted by Crippen LogP contribution is 2.47. The van der Waals surface area contributed by atoms with Crippen molar-refractivity contribution in [3.63, 3.8) is 0 Å². The minimum Gasteiger partial charge on any atom is -0.480 e. The molecule has 4 nitrogen and oxygen atoms in total. The maximum Gasteiger partial charge on any atom is 0.323 e. The average molecular weight is 375 g/mol. The van der Waals surface area contributed by atoms with Crippen LogP contribution in [0.15, 0.2) is 52.4 Å². The number of nitrogens with zero attached hydrogens (tertiary/aromatic N) is 2. The molecule has 0 saturated heterocycles. The lowest BCUT2D eigenvalue weighted by atomic mass is 10.3. The summed E-state index contributed by atoms with van der Waals surface area (Å²) < 4.78 is 1.11. The fraction of sp³-hybridized carbons (Fsp3) is 0.0588. The SMILES string of the molecule is O=C(O)CN1/C(=C/c2nc3ccccc3s2)Sc2ccc(Cl)cc21. The van der Waals surface area contributed by atoms with Crippen LogP contribution in [0.2, 0.25) is 5.02 Å². The highest BCUT2D eigenvalue weighted by Gasteiger charge is 2.27. The van der Waals surface area contributed by atoms with Gasteiger partial charge in [0, 0.05) is 16.0 Å². The van der Waals surface area contributed by atoms with Gasteiger partial charge in [0.05, 0.1) is 20.9 Å². The van der Waals surface area contributed by atoms with Gasteiger partial charge in [-0.25, -0.2) is 4.98 Å². The summed E-state index contributed by atoms with van der Waals surface area (Å²) in [6.07, 6.45) is 1.94. The molecule has 120 valence electrons. The van der Waals surface area contributed by atoms with Crippen molar-refractivity contribution in [2.75, 3.05) is 11.4 Å². The van der Waals surface area contributed by atoms with Gasteiger partial charge in [-0.1, -0.05) is 35.5 Å². The fourth-order valence-corrected chi connectivity index (χ4v) is 4.76. The molecule has 0 spiro atoms. The Morgan fingerprint density at radius 3 is 2.92 bits per heavy atom. The summed E-state index contributed by atoms with van der Waals surface area (Å²) in [7, 11) is 0. The van der Waals surface area contributed by atoms with Gasteiger partial charge in [-0.15, -0.1) is 11.3 Å². The third-order valence-corrected chi connectivity index (χ3v) is 5.87. The van der Waals surface area contributed by atoms with Crippen LogP contribution < -0.4 is 4.90 Å². The largest absolute Gasteiger partial charge is 0.480 e. The average Bonchev–Trinajstić information content (AvgIpc) is 3.09. The van der Waals surface area contributed by atoms with Crippen molar-refractivity contribution in [1.82, 2.24) is 4.98 Å². The van der Waals surface area contributed by atoms with Gasteiger partial charge in [-0.05, 0) is 30.3 Å². The maximum absolute atomic E-state index is 11.3. The first-order chi connectivity index (χ1) is 11.6. The summed E-state index contributed by atoms with van der Waals surface area (Å²) in [5, 5.41) is 11.5. The first-order valence-electron chi connectivity index (χ1n) is 7.14. The van der Waals surface area contributed by atoms with Crippen molar-refractivity contribution in [3.8, 4) is 0 Å². The van der Waals surface area contributed by atoms with Crippen LogP contribution in [-0.4, -0.2) is 22.6 Å². The van der Waals surface area contributed by atoms with E-state index in [1.54, 1.807) is 22.3 Å². The molecule has 1 aromatic heterocycles. The third-order valence-electron chi connectivity index (χ3n) is 3.54. The zero-order chi connectivity index (χ0) is 16.7. The van der Waals surface area contributed by atoms with Crippen LogP contribution in [0.25, 0.3) is 16.3 Å². The number of para-hydroxylation sites is 1. The molecule has 0 saturated carbocycles. The summed E-state index contributed by atoms with van der Waals surface area (Å²) in [4.78, 5) is 18.6. The van der Waals surface area contributed by atoms with Gasteiger partial charge in [0.1, 0.15) is 11.6 Å². The van der Waals surface area contributed by atoms with Gasteiger partial charge in [0.2, 0.25) is 0 Å². The number of benzene rings is 2. The van der Waals surface area contributed by atoms with Crippen molar-refractivity contribution in [3.05, 3.63) is 57.5 Å². The number of aliphatic carboxylic acids is 1. The monoisotopic (exact) mass is 374 g/mol. The van der Waals surface area contributed by atoms with Crippen molar-refractivity contribution in [1.29, 1.82) is 0 Å². The number of hydrogen-bond acceptors (Lipinski definition) is 5. The van der Waals surface area contributed by atoms with E-state index in [1.807, 2.05) is 42.5 Å². The van der Waals surface area contributed by atoms with E-state index in [4.69, 9.17) is 11.6 Å². The molecular weight excluding hydrogens is 364 g/mol. The molecule has 0 aliphatic carbocycles. The third kappa shape index (κ3) is 2.88. The number of thiazole rings is 1. The Morgan fingerprint density at radius 2 is 2.12 bits per heavy atom. The predicted molar refractivity (Wildman–Crippen MR) is 99.9 cm³/mol. The molecule has 1 aliphatic heterocycles. The molecule has 24 heavy (non-hydrogen) atoms. The minimum atomic E-state index is -0.890. The molecule has 0 bridgehead atoms. The van der Waals surface area contributed by atoms with E-state index in [0.717, 1.165) is 30.8 Å². The van der Waals surface area contributed by atoms with E-state index >= 15 is 0 Å². The molecule has 2 aromatic carbocycles. The number of aromatic nitrogens is 1. The Hall–Kier alpha value is -2.02. The van der Waals surface area contributed by atoms with Crippen LogP contribution in [-0.2, 0) is 4.79 Å². The molecule has 7 heteroatoms. The maximum atomic E-state index is 11.3. The molecule has 0 radical (unpaired) electrons. The van der Waals surface area contributed by atoms with Crippen molar-refractivity contribution in [2.45, 2.75) is 4.90 Å². The smallest absolute Gasteiger partial charge is 0.323 e. The Bertz CT molecular complexity index is 951. The molecular formula is C17H11ClN2O2S2. The lowest BCUT2D eigenvalue weighted by Gasteiger charge is -2.17. The molecule has 0 amide bonds. The molecule has 0 unspecified atom stereocenters. The van der Waals surface area contributed by atoms with Crippen LogP contribution in [0.3, 0.4) is 0 Å². The predicted octanol–water partition coefficient (Wildman–Crippen LogP) is 4.95. The van der Waals surface area contributed by atoms with E-state index in [9.17, 15) is 9.90 Å². The number of thioether (sulfide) groups is 1. The molecule has 0 atom stereocenters. The number of anilines is 1. The van der Waals surface area contributed by atoms with E-state index in [2.05, 4.69) is 4.98 Å². The van der Waals surface area contributed by atoms with Gasteiger partial charge >= 0.3 is 5.97 Å². The minimum absolute atomic E-state index is 0.114. The van der Waals surface area contributed by atoms with Crippen LogP contribution in [0.5, 0.6) is 0 Å². The van der Waals surface area contributed by atoms with Gasteiger partial charge in [0.15, 0.2) is 0 Å². The summed E-state index contributed by atoms with van der Waals surface area (Å²) in [5.74, 6) is -0.890. The normalized spacial score (nSPS) is 15.2. The molecule has 2 heterocycles. The lowest BCUT2D eigenvalue weighted by Crippen LogP contribution is -2.25. The number of hydrogen-bond donors (Lipinski definition) is 1. The van der Waals surface area contributed by atoms with Gasteiger partial charge < -0.3 is 10.0 Å². The first-order valence-corrected chi connectivity index (χ1v) is 9.15. The summed E-state index contributed by atoms with van der Waals surface area (Å²) >= 11 is 9.19. The van der Waals surface area contributed by atoms with Crippen LogP contribution in [0.4, 0.5) is 5.69 Å². The van der Waals surface area contributed by atoms with E-state index < -0.39 is 5.97 Å². The molecule has 4 rings (SSSR count). The fourth-order valence-electron chi connectivity index (χ4n) is 2.54.